The van der Waals surface area contributed by atoms with E-state index in [-0.39, 0.29) is 18.9 Å². The van der Waals surface area contributed by atoms with Gasteiger partial charge in [0.05, 0.1) is 5.92 Å². The number of anilines is 2. The molecule has 118 valence electrons. The van der Waals surface area contributed by atoms with Crippen molar-refractivity contribution in [3.05, 3.63) is 24.3 Å². The first-order valence-corrected chi connectivity index (χ1v) is 7.93. The van der Waals surface area contributed by atoms with E-state index >= 15 is 0 Å². The van der Waals surface area contributed by atoms with Gasteiger partial charge in [-0.3, -0.25) is 9.59 Å². The number of carbonyl (C=O) groups is 2. The number of benzene rings is 1. The van der Waals surface area contributed by atoms with Crippen LogP contribution in [0.4, 0.5) is 11.4 Å². The van der Waals surface area contributed by atoms with Gasteiger partial charge in [-0.05, 0) is 43.0 Å². The van der Waals surface area contributed by atoms with Gasteiger partial charge in [0.1, 0.15) is 0 Å². The van der Waals surface area contributed by atoms with Crippen LogP contribution in [0.15, 0.2) is 24.3 Å². The second kappa shape index (κ2) is 5.99. The number of carbonyl (C=O) groups excluding carboxylic acids is 1. The van der Waals surface area contributed by atoms with Crippen LogP contribution < -0.4 is 9.80 Å². The average Bonchev–Trinajstić information content (AvgIpc) is 2.91. The topological polar surface area (TPSA) is 60.9 Å². The molecule has 22 heavy (non-hydrogen) atoms. The van der Waals surface area contributed by atoms with Crippen LogP contribution in [0, 0.1) is 11.8 Å². The molecule has 2 fully saturated rings. The molecule has 5 nitrogen and oxygen atoms in total. The summed E-state index contributed by atoms with van der Waals surface area (Å²) in [4.78, 5) is 26.9. The molecule has 2 aliphatic heterocycles. The van der Waals surface area contributed by atoms with Crippen molar-refractivity contribution in [2.75, 3.05) is 29.4 Å². The van der Waals surface area contributed by atoms with Gasteiger partial charge in [0.25, 0.3) is 0 Å². The Kier molecular flexibility index (Phi) is 4.05. The van der Waals surface area contributed by atoms with Gasteiger partial charge in [-0.1, -0.05) is 6.92 Å². The Morgan fingerprint density at radius 3 is 2.27 bits per heavy atom. The predicted molar refractivity (Wildman–Crippen MR) is 85.1 cm³/mol. The van der Waals surface area contributed by atoms with Gasteiger partial charge >= 0.3 is 5.97 Å². The second-order valence-corrected chi connectivity index (χ2v) is 6.43. The summed E-state index contributed by atoms with van der Waals surface area (Å²) in [6.45, 7) is 4.71. The smallest absolute Gasteiger partial charge is 0.308 e. The summed E-state index contributed by atoms with van der Waals surface area (Å²) in [5.74, 6) is -0.789. The lowest BCUT2D eigenvalue weighted by molar-refractivity contribution is -0.141. The van der Waals surface area contributed by atoms with Crippen molar-refractivity contribution in [2.45, 2.75) is 26.2 Å². The molecule has 1 atom stereocenters. The third-order valence-electron chi connectivity index (χ3n) is 4.78. The Labute approximate surface area is 130 Å². The summed E-state index contributed by atoms with van der Waals surface area (Å²) in [5.41, 5.74) is 1.97. The van der Waals surface area contributed by atoms with Gasteiger partial charge in [0.15, 0.2) is 0 Å². The fourth-order valence-electron chi connectivity index (χ4n) is 3.23. The number of aliphatic carboxylic acids is 1. The van der Waals surface area contributed by atoms with Crippen LogP contribution in [0.5, 0.6) is 0 Å². The van der Waals surface area contributed by atoms with Crippen molar-refractivity contribution in [1.82, 2.24) is 0 Å². The van der Waals surface area contributed by atoms with Gasteiger partial charge in [0, 0.05) is 37.4 Å². The van der Waals surface area contributed by atoms with Crippen molar-refractivity contribution in [3.8, 4) is 0 Å². The molecular weight excluding hydrogens is 280 g/mol. The van der Waals surface area contributed by atoms with E-state index in [0.717, 1.165) is 24.7 Å². The Morgan fingerprint density at radius 1 is 1.14 bits per heavy atom. The molecule has 0 aliphatic carbocycles. The van der Waals surface area contributed by atoms with E-state index in [1.165, 1.54) is 18.5 Å². The van der Waals surface area contributed by atoms with Crippen molar-refractivity contribution >= 4 is 23.3 Å². The molecule has 0 bridgehead atoms. The van der Waals surface area contributed by atoms with Crippen LogP contribution in [-0.4, -0.2) is 36.6 Å². The Balaban J connectivity index is 1.69. The zero-order chi connectivity index (χ0) is 15.7. The van der Waals surface area contributed by atoms with Crippen molar-refractivity contribution in [3.63, 3.8) is 0 Å². The van der Waals surface area contributed by atoms with E-state index in [1.807, 2.05) is 24.3 Å². The fourth-order valence-corrected chi connectivity index (χ4v) is 3.23. The largest absolute Gasteiger partial charge is 0.481 e. The molecule has 2 aliphatic rings. The highest BCUT2D eigenvalue weighted by Gasteiger charge is 2.35. The minimum Gasteiger partial charge on any atom is -0.481 e. The van der Waals surface area contributed by atoms with Crippen molar-refractivity contribution < 1.29 is 14.7 Å². The molecule has 3 rings (SSSR count). The van der Waals surface area contributed by atoms with E-state index in [1.54, 1.807) is 4.90 Å². The monoisotopic (exact) mass is 302 g/mol. The number of hydrogen-bond acceptors (Lipinski definition) is 3. The molecule has 2 saturated heterocycles. The minimum absolute atomic E-state index is 0.0983. The molecular formula is C17H22N2O3. The van der Waals surface area contributed by atoms with E-state index in [9.17, 15) is 9.59 Å². The van der Waals surface area contributed by atoms with Crippen LogP contribution in [0.25, 0.3) is 0 Å². The first-order chi connectivity index (χ1) is 10.5. The van der Waals surface area contributed by atoms with Crippen LogP contribution in [0.3, 0.4) is 0 Å². The molecule has 0 aromatic heterocycles. The molecule has 1 aromatic carbocycles. The van der Waals surface area contributed by atoms with Gasteiger partial charge in [-0.15, -0.1) is 0 Å². The number of carboxylic acids is 1. The lowest BCUT2D eigenvalue weighted by Crippen LogP contribution is -2.32. The van der Waals surface area contributed by atoms with E-state index in [0.29, 0.717) is 0 Å². The van der Waals surface area contributed by atoms with Crippen LogP contribution in [-0.2, 0) is 9.59 Å². The third kappa shape index (κ3) is 2.93. The molecule has 5 heteroatoms. The predicted octanol–water partition coefficient (Wildman–Crippen LogP) is 2.36. The number of rotatable bonds is 3. The standard InChI is InChI=1S/C17H22N2O3/c1-12-6-8-18(9-7-12)14-2-4-15(5-3-14)19-11-13(17(21)22)10-16(19)20/h2-5,12-13H,6-11H2,1H3,(H,21,22). The van der Waals surface area contributed by atoms with Gasteiger partial charge in [-0.2, -0.15) is 0 Å². The van der Waals surface area contributed by atoms with Gasteiger partial charge in [0.2, 0.25) is 5.91 Å². The normalized spacial score (nSPS) is 23.1. The fraction of sp³-hybridized carbons (Fsp3) is 0.529. The highest BCUT2D eigenvalue weighted by molar-refractivity contribution is 5.99. The molecule has 2 heterocycles. The molecule has 1 N–H and O–H groups in total. The summed E-state index contributed by atoms with van der Waals surface area (Å²) in [7, 11) is 0. The van der Waals surface area contributed by atoms with E-state index in [4.69, 9.17) is 5.11 Å². The Bertz CT molecular complexity index is 562. The Hall–Kier alpha value is -2.04. The van der Waals surface area contributed by atoms with E-state index in [2.05, 4.69) is 11.8 Å². The maximum absolute atomic E-state index is 12.0. The zero-order valence-electron chi connectivity index (χ0n) is 12.9. The number of nitrogens with zero attached hydrogens (tertiary/aromatic N) is 2. The summed E-state index contributed by atoms with van der Waals surface area (Å²) < 4.78 is 0. The molecule has 1 amide bonds. The average molecular weight is 302 g/mol. The summed E-state index contributed by atoms with van der Waals surface area (Å²) >= 11 is 0. The zero-order valence-corrected chi connectivity index (χ0v) is 12.9. The van der Waals surface area contributed by atoms with Crippen LogP contribution >= 0.6 is 0 Å². The first-order valence-electron chi connectivity index (χ1n) is 7.93. The number of amides is 1. The van der Waals surface area contributed by atoms with Crippen LogP contribution in [0.1, 0.15) is 26.2 Å². The SMILES string of the molecule is CC1CCN(c2ccc(N3CC(C(=O)O)CC3=O)cc2)CC1. The van der Waals surface area contributed by atoms with Crippen molar-refractivity contribution in [1.29, 1.82) is 0 Å². The lowest BCUT2D eigenvalue weighted by Gasteiger charge is -2.32. The number of piperidine rings is 1. The molecule has 1 unspecified atom stereocenters. The molecule has 1 aromatic rings. The Morgan fingerprint density at radius 2 is 1.73 bits per heavy atom. The summed E-state index contributed by atoms with van der Waals surface area (Å²) in [6, 6.07) is 7.92. The molecule has 0 saturated carbocycles. The van der Waals surface area contributed by atoms with E-state index < -0.39 is 11.9 Å². The molecule has 0 spiro atoms. The van der Waals surface area contributed by atoms with Gasteiger partial charge in [-0.25, -0.2) is 0 Å². The second-order valence-electron chi connectivity index (χ2n) is 6.43. The highest BCUT2D eigenvalue weighted by atomic mass is 16.4. The third-order valence-corrected chi connectivity index (χ3v) is 4.78. The van der Waals surface area contributed by atoms with Crippen molar-refractivity contribution in [2.24, 2.45) is 11.8 Å². The van der Waals surface area contributed by atoms with Crippen LogP contribution in [0.2, 0.25) is 0 Å². The maximum Gasteiger partial charge on any atom is 0.308 e. The number of hydrogen-bond donors (Lipinski definition) is 1. The minimum atomic E-state index is -0.894. The maximum atomic E-state index is 12.0. The van der Waals surface area contributed by atoms with Gasteiger partial charge < -0.3 is 14.9 Å². The highest BCUT2D eigenvalue weighted by Crippen LogP contribution is 2.29. The lowest BCUT2D eigenvalue weighted by atomic mass is 9.99. The summed E-state index contributed by atoms with van der Waals surface area (Å²) in [6.07, 6.45) is 2.53. The quantitative estimate of drug-likeness (QED) is 0.931. The molecule has 0 radical (unpaired) electrons. The first kappa shape index (κ1) is 14.9. The summed E-state index contributed by atoms with van der Waals surface area (Å²) in [5, 5.41) is 9.05. The number of carboxylic acid groups (broad SMARTS) is 1.